The lowest BCUT2D eigenvalue weighted by Gasteiger charge is -2.20. The van der Waals surface area contributed by atoms with Crippen LogP contribution >= 0.6 is 7.82 Å². The summed E-state index contributed by atoms with van der Waals surface area (Å²) in [7, 11) is -4.65. The first-order valence-electron chi connectivity index (χ1n) is 22.0. The zero-order valence-corrected chi connectivity index (χ0v) is 36.6. The van der Waals surface area contributed by atoms with E-state index in [9.17, 15) is 24.2 Å². The van der Waals surface area contributed by atoms with E-state index in [2.05, 4.69) is 79.1 Å². The van der Waals surface area contributed by atoms with E-state index in [0.717, 1.165) is 70.6 Å². The number of allylic oxidation sites excluding steroid dienone is 11. The number of phosphoric ester groups is 1. The first kappa shape index (κ1) is 53.4. The minimum atomic E-state index is -4.65. The highest BCUT2D eigenvalue weighted by atomic mass is 31.2. The van der Waals surface area contributed by atoms with Crippen molar-refractivity contribution in [3.63, 3.8) is 0 Å². The van der Waals surface area contributed by atoms with Crippen molar-refractivity contribution in [2.24, 2.45) is 0 Å². The molecule has 1 fully saturated rings. The topological polar surface area (TPSA) is 161 Å². The molecule has 0 aromatic carbocycles. The van der Waals surface area contributed by atoms with Crippen LogP contribution in [-0.2, 0) is 37.4 Å². The molecule has 0 radical (unpaired) electrons. The average molecular weight is 837 g/mol. The number of esters is 2. The quantitative estimate of drug-likeness (QED) is 0.0178. The predicted octanol–water partition coefficient (Wildman–Crippen LogP) is 10.7. The van der Waals surface area contributed by atoms with Gasteiger partial charge in [-0.3, -0.25) is 18.6 Å². The number of hydrogen-bond donors (Lipinski definition) is 3. The number of ether oxygens (including phenoxy) is 3. The number of epoxide rings is 1. The Morgan fingerprint density at radius 2 is 1.16 bits per heavy atom. The van der Waals surface area contributed by atoms with E-state index in [4.69, 9.17) is 23.8 Å². The molecule has 0 aliphatic carbocycles. The number of hydrogen-bond acceptors (Lipinski definition) is 10. The number of aliphatic hydroxyl groups excluding tert-OH is 2. The fourth-order valence-electron chi connectivity index (χ4n) is 5.75. The molecule has 3 N–H and O–H groups in total. The van der Waals surface area contributed by atoms with Crippen LogP contribution in [0.2, 0.25) is 0 Å². The van der Waals surface area contributed by atoms with E-state index in [1.165, 1.54) is 44.9 Å². The lowest BCUT2D eigenvalue weighted by atomic mass is 10.1. The van der Waals surface area contributed by atoms with Crippen molar-refractivity contribution in [3.8, 4) is 0 Å². The Bertz CT molecular complexity index is 1260. The van der Waals surface area contributed by atoms with Crippen LogP contribution in [0.4, 0.5) is 0 Å². The van der Waals surface area contributed by atoms with Gasteiger partial charge in [-0.15, -0.1) is 0 Å². The van der Waals surface area contributed by atoms with Gasteiger partial charge in [-0.25, -0.2) is 4.57 Å². The summed E-state index contributed by atoms with van der Waals surface area (Å²) < 4.78 is 38.4. The molecular formula is C46H77O11P. The van der Waals surface area contributed by atoms with Crippen LogP contribution < -0.4 is 0 Å². The molecule has 12 heteroatoms. The van der Waals surface area contributed by atoms with Crippen molar-refractivity contribution in [1.82, 2.24) is 0 Å². The SMILES string of the molecule is CCCCC/C=C\C/C=C\C/C=C\C/C=C\C/C=C\CCC(=O)O[C@H](COC(=O)CCCCCCCC1OC1C/C=C\CCCCC)COP(=O)(O)OC[C@@H](O)CO. The monoisotopic (exact) mass is 837 g/mol. The Kier molecular flexibility index (Phi) is 34.4. The van der Waals surface area contributed by atoms with E-state index in [-0.39, 0.29) is 19.4 Å². The van der Waals surface area contributed by atoms with Gasteiger partial charge >= 0.3 is 19.8 Å². The van der Waals surface area contributed by atoms with Crippen molar-refractivity contribution < 1.29 is 52.5 Å². The molecule has 1 aliphatic rings. The molecule has 1 rings (SSSR count). The summed E-state index contributed by atoms with van der Waals surface area (Å²) in [6, 6.07) is 0. The number of aliphatic hydroxyl groups is 2. The highest BCUT2D eigenvalue weighted by molar-refractivity contribution is 7.47. The summed E-state index contributed by atoms with van der Waals surface area (Å²) in [4.78, 5) is 35.0. The summed E-state index contributed by atoms with van der Waals surface area (Å²) >= 11 is 0. The molecule has 0 aromatic rings. The van der Waals surface area contributed by atoms with E-state index >= 15 is 0 Å². The van der Waals surface area contributed by atoms with Crippen LogP contribution in [0, 0.1) is 0 Å². The van der Waals surface area contributed by atoms with Gasteiger partial charge in [0.05, 0.1) is 32.0 Å². The molecule has 11 nitrogen and oxygen atoms in total. The Balaban J connectivity index is 2.32. The predicted molar refractivity (Wildman–Crippen MR) is 232 cm³/mol. The fraction of sp³-hybridized carbons (Fsp3) is 0.696. The molecule has 0 spiro atoms. The molecule has 1 aliphatic heterocycles. The zero-order chi connectivity index (χ0) is 42.4. The Labute approximate surface area is 350 Å². The van der Waals surface area contributed by atoms with Crippen molar-refractivity contribution in [1.29, 1.82) is 0 Å². The molecule has 0 aromatic heterocycles. The highest BCUT2D eigenvalue weighted by Gasteiger charge is 2.36. The van der Waals surface area contributed by atoms with Gasteiger partial charge in [-0.2, -0.15) is 0 Å². The van der Waals surface area contributed by atoms with Crippen molar-refractivity contribution in [2.75, 3.05) is 26.4 Å². The maximum atomic E-state index is 12.6. The van der Waals surface area contributed by atoms with Gasteiger partial charge in [0.15, 0.2) is 6.10 Å². The van der Waals surface area contributed by atoms with Crippen molar-refractivity contribution in [3.05, 3.63) is 72.9 Å². The van der Waals surface area contributed by atoms with Crippen molar-refractivity contribution >= 4 is 19.8 Å². The van der Waals surface area contributed by atoms with Crippen LogP contribution in [0.5, 0.6) is 0 Å². The maximum Gasteiger partial charge on any atom is 0.472 e. The minimum Gasteiger partial charge on any atom is -0.462 e. The van der Waals surface area contributed by atoms with Crippen LogP contribution in [0.15, 0.2) is 72.9 Å². The number of rotatable bonds is 39. The number of unbranched alkanes of at least 4 members (excludes halogenated alkanes) is 10. The van der Waals surface area contributed by atoms with Gasteiger partial charge in [0.1, 0.15) is 12.7 Å². The second-order valence-corrected chi connectivity index (χ2v) is 16.2. The van der Waals surface area contributed by atoms with Gasteiger partial charge in [0.2, 0.25) is 0 Å². The van der Waals surface area contributed by atoms with Gasteiger partial charge in [0.25, 0.3) is 0 Å². The van der Waals surface area contributed by atoms with Crippen LogP contribution in [0.3, 0.4) is 0 Å². The maximum absolute atomic E-state index is 12.6. The van der Waals surface area contributed by atoms with Gasteiger partial charge in [0, 0.05) is 12.8 Å². The molecule has 1 saturated heterocycles. The van der Waals surface area contributed by atoms with Crippen LogP contribution in [0.25, 0.3) is 0 Å². The third-order valence-electron chi connectivity index (χ3n) is 9.27. The summed E-state index contributed by atoms with van der Waals surface area (Å²) in [5, 5.41) is 18.3. The molecule has 5 atom stereocenters. The third-order valence-corrected chi connectivity index (χ3v) is 10.2. The van der Waals surface area contributed by atoms with E-state index in [1.54, 1.807) is 0 Å². The minimum absolute atomic E-state index is 0.0508. The molecule has 58 heavy (non-hydrogen) atoms. The summed E-state index contributed by atoms with van der Waals surface area (Å²) in [5.41, 5.74) is 0. The first-order valence-corrected chi connectivity index (χ1v) is 23.5. The third kappa shape index (κ3) is 34.3. The summed E-state index contributed by atoms with van der Waals surface area (Å²) in [6.45, 7) is 2.19. The standard InChI is InChI=1S/C46H77O11P/c1-3-5-7-9-11-12-13-14-15-16-17-18-19-20-21-22-23-27-32-36-46(50)56-42(40-55-58(51,52)54-38-41(48)37-47)39-53-45(49)35-31-28-24-26-30-34-44-43(57-44)33-29-25-10-8-6-4-2/h11-12,14-15,17-18,20-21,23,25,27,29,41-44,47-48H,3-10,13,16,19,22,24,26,28,30-40H2,1-2H3,(H,51,52)/b12-11-,15-14-,18-17-,21-20-,27-23-,29-25-/t41-,42+,43?,44?/m0/s1. The largest absolute Gasteiger partial charge is 0.472 e. The highest BCUT2D eigenvalue weighted by Crippen LogP contribution is 2.43. The second kappa shape index (κ2) is 37.4. The Hall–Kier alpha value is -2.63. The molecule has 0 amide bonds. The summed E-state index contributed by atoms with van der Waals surface area (Å²) in [6.07, 6.45) is 44.7. The second-order valence-electron chi connectivity index (χ2n) is 14.7. The van der Waals surface area contributed by atoms with E-state index < -0.39 is 51.8 Å². The molecule has 3 unspecified atom stereocenters. The van der Waals surface area contributed by atoms with E-state index in [1.807, 2.05) is 12.2 Å². The summed E-state index contributed by atoms with van der Waals surface area (Å²) in [5.74, 6) is -1.05. The van der Waals surface area contributed by atoms with Gasteiger partial charge in [-0.05, 0) is 77.0 Å². The van der Waals surface area contributed by atoms with Gasteiger partial charge < -0.3 is 29.3 Å². The van der Waals surface area contributed by atoms with Gasteiger partial charge in [-0.1, -0.05) is 138 Å². The molecular weight excluding hydrogens is 759 g/mol. The van der Waals surface area contributed by atoms with E-state index in [0.29, 0.717) is 25.0 Å². The number of carbonyl (C=O) groups excluding carboxylic acids is 2. The Morgan fingerprint density at radius 3 is 1.76 bits per heavy atom. The molecule has 0 saturated carbocycles. The lowest BCUT2D eigenvalue weighted by Crippen LogP contribution is -2.29. The first-order chi connectivity index (χ1) is 28.2. The van der Waals surface area contributed by atoms with Crippen LogP contribution in [0.1, 0.15) is 155 Å². The zero-order valence-electron chi connectivity index (χ0n) is 35.7. The number of phosphoric acid groups is 1. The van der Waals surface area contributed by atoms with Crippen LogP contribution in [-0.4, -0.2) is 77.9 Å². The number of carbonyl (C=O) groups is 2. The smallest absolute Gasteiger partial charge is 0.462 e. The Morgan fingerprint density at radius 1 is 0.621 bits per heavy atom. The molecule has 332 valence electrons. The lowest BCUT2D eigenvalue weighted by molar-refractivity contribution is -0.161. The van der Waals surface area contributed by atoms with Crippen molar-refractivity contribution in [2.45, 2.75) is 180 Å². The average Bonchev–Trinajstić information content (AvgIpc) is 3.97. The fourth-order valence-corrected chi connectivity index (χ4v) is 6.54. The normalized spacial score (nSPS) is 18.0. The molecule has 0 bridgehead atoms. The molecule has 1 heterocycles.